The fourth-order valence-electron chi connectivity index (χ4n) is 1.44. The summed E-state index contributed by atoms with van der Waals surface area (Å²) in [5.41, 5.74) is 6.58. The Morgan fingerprint density at radius 3 is 3.06 bits per heavy atom. The van der Waals surface area contributed by atoms with Crippen molar-refractivity contribution in [1.82, 2.24) is 10.3 Å². The van der Waals surface area contributed by atoms with Crippen molar-refractivity contribution in [3.63, 3.8) is 0 Å². The first-order chi connectivity index (χ1) is 8.21. The van der Waals surface area contributed by atoms with Gasteiger partial charge in [0.1, 0.15) is 0 Å². The van der Waals surface area contributed by atoms with E-state index in [1.807, 2.05) is 19.1 Å². The Balaban J connectivity index is 2.59. The summed E-state index contributed by atoms with van der Waals surface area (Å²) >= 11 is 0. The van der Waals surface area contributed by atoms with E-state index in [0.29, 0.717) is 12.4 Å². The smallest absolute Gasteiger partial charge is 0.213 e. The van der Waals surface area contributed by atoms with Crippen LogP contribution < -0.4 is 15.8 Å². The summed E-state index contributed by atoms with van der Waals surface area (Å²) in [5, 5.41) is 14.8. The predicted molar refractivity (Wildman–Crippen MR) is 65.1 cm³/mol. The number of hydrogen-bond donors (Lipinski definition) is 3. The zero-order valence-corrected chi connectivity index (χ0v) is 10.1. The molecule has 1 heterocycles. The highest BCUT2D eigenvalue weighted by Crippen LogP contribution is 2.08. The molecule has 1 aromatic rings. The molecule has 6 nitrogen and oxygen atoms in total. The van der Waals surface area contributed by atoms with Gasteiger partial charge in [0, 0.05) is 18.8 Å². The minimum atomic E-state index is -0.140. The number of hydrogen-bond acceptors (Lipinski definition) is 5. The van der Waals surface area contributed by atoms with Gasteiger partial charge in [0.25, 0.3) is 0 Å². The molecule has 0 amide bonds. The van der Waals surface area contributed by atoms with Crippen molar-refractivity contribution in [2.45, 2.75) is 25.9 Å². The molecule has 0 radical (unpaired) electrons. The number of ether oxygens (including phenoxy) is 1. The summed E-state index contributed by atoms with van der Waals surface area (Å²) in [6, 6.07) is 3.58. The third-order valence-electron chi connectivity index (χ3n) is 2.44. The Bertz CT molecular complexity index is 381. The Labute approximate surface area is 100 Å². The van der Waals surface area contributed by atoms with Crippen LogP contribution in [0.15, 0.2) is 23.5 Å². The number of aromatic nitrogens is 1. The molecule has 0 aromatic carbocycles. The first-order valence-corrected chi connectivity index (χ1v) is 5.41. The van der Waals surface area contributed by atoms with Crippen LogP contribution in [0.2, 0.25) is 0 Å². The molecule has 1 rings (SSSR count). The Morgan fingerprint density at radius 1 is 1.71 bits per heavy atom. The van der Waals surface area contributed by atoms with Crippen LogP contribution in [0.4, 0.5) is 0 Å². The molecular weight excluding hydrogens is 220 g/mol. The Kier molecular flexibility index (Phi) is 5.22. The maximum Gasteiger partial charge on any atom is 0.213 e. The van der Waals surface area contributed by atoms with E-state index in [4.69, 9.17) is 15.7 Å². The molecular formula is C11H18N4O2. The second-order valence-electron chi connectivity index (χ2n) is 3.57. The summed E-state index contributed by atoms with van der Waals surface area (Å²) in [7, 11) is 1.57. The first kappa shape index (κ1) is 13.2. The van der Waals surface area contributed by atoms with Gasteiger partial charge in [-0.25, -0.2) is 4.98 Å². The zero-order chi connectivity index (χ0) is 12.7. The highest BCUT2D eigenvalue weighted by atomic mass is 16.5. The maximum atomic E-state index is 8.61. The van der Waals surface area contributed by atoms with Crippen molar-refractivity contribution in [2.75, 3.05) is 7.11 Å². The van der Waals surface area contributed by atoms with Gasteiger partial charge in [0.15, 0.2) is 5.84 Å². The topological polar surface area (TPSA) is 92.8 Å². The van der Waals surface area contributed by atoms with Crippen LogP contribution in [0.5, 0.6) is 5.88 Å². The van der Waals surface area contributed by atoms with Gasteiger partial charge < -0.3 is 21.0 Å². The standard InChI is InChI=1S/C11H18N4O2/c1-3-9(11(12)15-16)14-7-8-4-5-13-10(6-8)17-2/h4-6,9,14,16H,3,7H2,1-2H3,(H2,12,15). The monoisotopic (exact) mass is 238 g/mol. The first-order valence-electron chi connectivity index (χ1n) is 5.41. The van der Waals surface area contributed by atoms with E-state index in [9.17, 15) is 0 Å². The molecule has 0 aliphatic carbocycles. The summed E-state index contributed by atoms with van der Waals surface area (Å²) in [6.45, 7) is 2.57. The van der Waals surface area contributed by atoms with E-state index >= 15 is 0 Å². The van der Waals surface area contributed by atoms with Gasteiger partial charge in [-0.3, -0.25) is 0 Å². The molecule has 0 aliphatic rings. The Hall–Kier alpha value is -1.82. The van der Waals surface area contributed by atoms with Crippen LogP contribution in [0.25, 0.3) is 0 Å². The van der Waals surface area contributed by atoms with Crippen molar-refractivity contribution in [3.05, 3.63) is 23.9 Å². The largest absolute Gasteiger partial charge is 0.481 e. The van der Waals surface area contributed by atoms with Gasteiger partial charge in [-0.2, -0.15) is 0 Å². The molecule has 1 unspecified atom stereocenters. The molecule has 17 heavy (non-hydrogen) atoms. The van der Waals surface area contributed by atoms with Crippen LogP contribution in [-0.2, 0) is 6.54 Å². The van der Waals surface area contributed by atoms with Crippen molar-refractivity contribution in [3.8, 4) is 5.88 Å². The van der Waals surface area contributed by atoms with Crippen LogP contribution in [0.1, 0.15) is 18.9 Å². The van der Waals surface area contributed by atoms with E-state index in [1.165, 1.54) is 0 Å². The molecule has 0 spiro atoms. The number of amidine groups is 1. The third-order valence-corrected chi connectivity index (χ3v) is 2.44. The van der Waals surface area contributed by atoms with Crippen molar-refractivity contribution in [2.24, 2.45) is 10.9 Å². The summed E-state index contributed by atoms with van der Waals surface area (Å²) in [5.74, 6) is 0.759. The molecule has 0 saturated heterocycles. The van der Waals surface area contributed by atoms with E-state index in [-0.39, 0.29) is 11.9 Å². The fourth-order valence-corrected chi connectivity index (χ4v) is 1.44. The fraction of sp³-hybridized carbons (Fsp3) is 0.455. The molecule has 4 N–H and O–H groups in total. The number of methoxy groups -OCH3 is 1. The quantitative estimate of drug-likeness (QED) is 0.294. The number of oxime groups is 1. The van der Waals surface area contributed by atoms with Gasteiger partial charge in [-0.1, -0.05) is 12.1 Å². The zero-order valence-electron chi connectivity index (χ0n) is 10.1. The lowest BCUT2D eigenvalue weighted by Gasteiger charge is -2.15. The van der Waals surface area contributed by atoms with E-state index in [0.717, 1.165) is 12.0 Å². The summed E-state index contributed by atoms with van der Waals surface area (Å²) in [6.07, 6.45) is 2.43. The number of nitrogens with one attached hydrogen (secondary N) is 1. The van der Waals surface area contributed by atoms with Crippen LogP contribution in [-0.4, -0.2) is 29.2 Å². The van der Waals surface area contributed by atoms with Gasteiger partial charge in [-0.05, 0) is 18.1 Å². The van der Waals surface area contributed by atoms with E-state index < -0.39 is 0 Å². The number of nitrogens with two attached hydrogens (primary N) is 1. The lowest BCUT2D eigenvalue weighted by Crippen LogP contribution is -2.40. The molecule has 0 bridgehead atoms. The van der Waals surface area contributed by atoms with Crippen molar-refractivity contribution >= 4 is 5.84 Å². The second-order valence-corrected chi connectivity index (χ2v) is 3.57. The van der Waals surface area contributed by atoms with Crippen molar-refractivity contribution < 1.29 is 9.94 Å². The molecule has 1 aromatic heterocycles. The maximum absolute atomic E-state index is 8.61. The summed E-state index contributed by atoms with van der Waals surface area (Å²) in [4.78, 5) is 4.02. The second kappa shape index (κ2) is 6.70. The SMILES string of the molecule is CCC(NCc1ccnc(OC)c1)C(N)=NO. The summed E-state index contributed by atoms with van der Waals surface area (Å²) < 4.78 is 5.03. The minimum Gasteiger partial charge on any atom is -0.481 e. The van der Waals surface area contributed by atoms with Crippen LogP contribution in [0, 0.1) is 0 Å². The van der Waals surface area contributed by atoms with Gasteiger partial charge >= 0.3 is 0 Å². The average Bonchev–Trinajstić information content (AvgIpc) is 2.39. The molecule has 0 saturated carbocycles. The normalized spacial score (nSPS) is 13.4. The highest BCUT2D eigenvalue weighted by Gasteiger charge is 2.10. The minimum absolute atomic E-state index is 0.140. The molecule has 0 fully saturated rings. The highest BCUT2D eigenvalue weighted by molar-refractivity contribution is 5.85. The third kappa shape index (κ3) is 3.92. The predicted octanol–water partition coefficient (Wildman–Crippen LogP) is 0.705. The van der Waals surface area contributed by atoms with Gasteiger partial charge in [-0.15, -0.1) is 0 Å². The Morgan fingerprint density at radius 2 is 2.47 bits per heavy atom. The molecule has 94 valence electrons. The van der Waals surface area contributed by atoms with Crippen molar-refractivity contribution in [1.29, 1.82) is 0 Å². The molecule has 6 heteroatoms. The van der Waals surface area contributed by atoms with Crippen LogP contribution in [0.3, 0.4) is 0 Å². The lowest BCUT2D eigenvalue weighted by molar-refractivity contribution is 0.314. The average molecular weight is 238 g/mol. The number of rotatable bonds is 6. The number of nitrogens with zero attached hydrogens (tertiary/aromatic N) is 2. The lowest BCUT2D eigenvalue weighted by atomic mass is 10.2. The number of pyridine rings is 1. The van der Waals surface area contributed by atoms with Gasteiger partial charge in [0.05, 0.1) is 13.2 Å². The molecule has 1 atom stereocenters. The van der Waals surface area contributed by atoms with E-state index in [1.54, 1.807) is 13.3 Å². The molecule has 0 aliphatic heterocycles. The van der Waals surface area contributed by atoms with Gasteiger partial charge in [0.2, 0.25) is 5.88 Å². The van der Waals surface area contributed by atoms with Crippen LogP contribution >= 0.6 is 0 Å². The van der Waals surface area contributed by atoms with E-state index in [2.05, 4.69) is 15.5 Å².